The molecule has 0 heterocycles. The quantitative estimate of drug-likeness (QED) is 0.875. The number of carboxylic acids is 1. The second-order valence-electron chi connectivity index (χ2n) is 4.23. The lowest BCUT2D eigenvalue weighted by Gasteiger charge is -2.13. The summed E-state index contributed by atoms with van der Waals surface area (Å²) in [5.74, 6) is 0.259. The zero-order valence-electron chi connectivity index (χ0n) is 9.23. The molecule has 1 aliphatic rings. The van der Waals surface area contributed by atoms with E-state index in [4.69, 9.17) is 15.6 Å². The van der Waals surface area contributed by atoms with E-state index in [9.17, 15) is 4.79 Å². The molecule has 1 aromatic rings. The third-order valence-electron chi connectivity index (χ3n) is 2.77. The zero-order valence-corrected chi connectivity index (χ0v) is 10.8. The highest BCUT2D eigenvalue weighted by Gasteiger charge is 2.23. The van der Waals surface area contributed by atoms with Crippen molar-refractivity contribution in [3.63, 3.8) is 0 Å². The fourth-order valence-electron chi connectivity index (χ4n) is 1.50. The van der Waals surface area contributed by atoms with Crippen LogP contribution in [0.2, 0.25) is 0 Å². The highest BCUT2D eigenvalue weighted by molar-refractivity contribution is 9.10. The molecule has 0 bridgehead atoms. The molecule has 1 saturated carbocycles. The predicted octanol–water partition coefficient (Wildman–Crippen LogP) is 2.32. The molecular formula is C12H14BrNO3. The number of ether oxygens (including phenoxy) is 1. The summed E-state index contributed by atoms with van der Waals surface area (Å²) in [5, 5.41) is 8.89. The van der Waals surface area contributed by atoms with Crippen molar-refractivity contribution in [2.45, 2.75) is 18.9 Å². The molecule has 0 aliphatic heterocycles. The number of carboxylic acid groups (broad SMARTS) is 1. The first-order valence-electron chi connectivity index (χ1n) is 5.49. The summed E-state index contributed by atoms with van der Waals surface area (Å²) in [4.78, 5) is 10.9. The molecule has 0 spiro atoms. The summed E-state index contributed by atoms with van der Waals surface area (Å²) in [6.07, 6.45) is 2.43. The minimum atomic E-state index is -1.05. The van der Waals surface area contributed by atoms with Gasteiger partial charge in [0.1, 0.15) is 11.8 Å². The largest absolute Gasteiger partial charge is 0.492 e. The van der Waals surface area contributed by atoms with E-state index in [-0.39, 0.29) is 0 Å². The molecule has 0 radical (unpaired) electrons. The lowest BCUT2D eigenvalue weighted by atomic mass is 10.1. The molecule has 5 heteroatoms. The predicted molar refractivity (Wildman–Crippen MR) is 66.9 cm³/mol. The fraction of sp³-hybridized carbons (Fsp3) is 0.417. The summed E-state index contributed by atoms with van der Waals surface area (Å²) in [6.45, 7) is 0.685. The summed E-state index contributed by atoms with van der Waals surface area (Å²) >= 11 is 3.35. The van der Waals surface area contributed by atoms with Gasteiger partial charge in [0.2, 0.25) is 0 Å². The second kappa shape index (κ2) is 5.06. The number of rotatable bonds is 5. The van der Waals surface area contributed by atoms with Crippen LogP contribution in [0.4, 0.5) is 0 Å². The van der Waals surface area contributed by atoms with Crippen LogP contribution in [0.3, 0.4) is 0 Å². The third-order valence-corrected chi connectivity index (χ3v) is 3.61. The van der Waals surface area contributed by atoms with Gasteiger partial charge in [-0.1, -0.05) is 12.1 Å². The van der Waals surface area contributed by atoms with E-state index in [0.29, 0.717) is 28.3 Å². The molecule has 1 fully saturated rings. The summed E-state index contributed by atoms with van der Waals surface area (Å²) in [6, 6.07) is 4.22. The summed E-state index contributed by atoms with van der Waals surface area (Å²) in [5.41, 5.74) is 6.12. The first kappa shape index (κ1) is 12.4. The van der Waals surface area contributed by atoms with Crippen LogP contribution in [0.25, 0.3) is 0 Å². The maximum atomic E-state index is 10.9. The van der Waals surface area contributed by atoms with Crippen molar-refractivity contribution in [3.05, 3.63) is 28.2 Å². The Bertz CT molecular complexity index is 432. The van der Waals surface area contributed by atoms with Gasteiger partial charge in [0, 0.05) is 0 Å². The Hall–Kier alpha value is -1.07. The van der Waals surface area contributed by atoms with Crippen molar-refractivity contribution in [3.8, 4) is 5.75 Å². The Morgan fingerprint density at radius 3 is 2.88 bits per heavy atom. The van der Waals surface area contributed by atoms with E-state index in [0.717, 1.165) is 0 Å². The lowest BCUT2D eigenvalue weighted by Crippen LogP contribution is -2.21. The number of aliphatic carboxylic acids is 1. The Balaban J connectivity index is 2.16. The first-order chi connectivity index (χ1) is 8.09. The molecule has 4 nitrogen and oxygen atoms in total. The zero-order chi connectivity index (χ0) is 12.4. The van der Waals surface area contributed by atoms with Crippen LogP contribution >= 0.6 is 15.9 Å². The molecule has 92 valence electrons. The van der Waals surface area contributed by atoms with Crippen molar-refractivity contribution >= 4 is 21.9 Å². The van der Waals surface area contributed by atoms with Crippen molar-refractivity contribution in [2.24, 2.45) is 11.7 Å². The number of hydrogen-bond acceptors (Lipinski definition) is 3. The van der Waals surface area contributed by atoms with Crippen LogP contribution in [0.15, 0.2) is 22.7 Å². The summed E-state index contributed by atoms with van der Waals surface area (Å²) < 4.78 is 6.27. The Kier molecular flexibility index (Phi) is 3.69. The fourth-order valence-corrected chi connectivity index (χ4v) is 2.13. The molecule has 0 amide bonds. The maximum absolute atomic E-state index is 10.9. The number of halogens is 1. The molecule has 0 aromatic heterocycles. The molecule has 1 aliphatic carbocycles. The minimum Gasteiger partial charge on any atom is -0.492 e. The van der Waals surface area contributed by atoms with Crippen LogP contribution in [0, 0.1) is 5.92 Å². The van der Waals surface area contributed by atoms with Crippen LogP contribution < -0.4 is 10.5 Å². The van der Waals surface area contributed by atoms with E-state index < -0.39 is 12.0 Å². The number of benzene rings is 1. The van der Waals surface area contributed by atoms with Crippen LogP contribution in [-0.2, 0) is 4.79 Å². The van der Waals surface area contributed by atoms with Crippen molar-refractivity contribution in [2.75, 3.05) is 6.61 Å². The van der Waals surface area contributed by atoms with Crippen LogP contribution in [0.1, 0.15) is 24.4 Å². The maximum Gasteiger partial charge on any atom is 0.325 e. The van der Waals surface area contributed by atoms with E-state index in [2.05, 4.69) is 15.9 Å². The number of carbonyl (C=O) groups is 1. The molecule has 3 N–H and O–H groups in total. The average Bonchev–Trinajstić information content (AvgIpc) is 3.10. The van der Waals surface area contributed by atoms with Gasteiger partial charge in [-0.15, -0.1) is 0 Å². The molecule has 1 unspecified atom stereocenters. The van der Waals surface area contributed by atoms with Gasteiger partial charge < -0.3 is 15.6 Å². The smallest absolute Gasteiger partial charge is 0.325 e. The standard InChI is InChI=1S/C12H14BrNO3/c13-10-8(11(14)12(15)16)2-1-3-9(10)17-6-7-4-5-7/h1-3,7,11H,4-6,14H2,(H,15,16). The molecule has 2 rings (SSSR count). The highest BCUT2D eigenvalue weighted by atomic mass is 79.9. The molecule has 1 atom stereocenters. The highest BCUT2D eigenvalue weighted by Crippen LogP contribution is 2.34. The summed E-state index contributed by atoms with van der Waals surface area (Å²) in [7, 11) is 0. The molecular weight excluding hydrogens is 286 g/mol. The van der Waals surface area contributed by atoms with Gasteiger partial charge in [0.15, 0.2) is 0 Å². The van der Waals surface area contributed by atoms with Crippen molar-refractivity contribution < 1.29 is 14.6 Å². The van der Waals surface area contributed by atoms with Gasteiger partial charge >= 0.3 is 5.97 Å². The SMILES string of the molecule is NC(C(=O)O)c1cccc(OCC2CC2)c1Br. The molecule has 1 aromatic carbocycles. The van der Waals surface area contributed by atoms with Crippen LogP contribution in [-0.4, -0.2) is 17.7 Å². The minimum absolute atomic E-state index is 0.533. The number of nitrogens with two attached hydrogens (primary N) is 1. The van der Waals surface area contributed by atoms with E-state index in [1.807, 2.05) is 6.07 Å². The van der Waals surface area contributed by atoms with E-state index in [1.54, 1.807) is 12.1 Å². The van der Waals surface area contributed by atoms with Crippen molar-refractivity contribution in [1.82, 2.24) is 0 Å². The topological polar surface area (TPSA) is 72.6 Å². The first-order valence-corrected chi connectivity index (χ1v) is 6.28. The lowest BCUT2D eigenvalue weighted by molar-refractivity contribution is -0.138. The van der Waals surface area contributed by atoms with E-state index >= 15 is 0 Å². The van der Waals surface area contributed by atoms with Gasteiger partial charge in [0.05, 0.1) is 11.1 Å². The second-order valence-corrected chi connectivity index (χ2v) is 5.02. The molecule has 0 saturated heterocycles. The third kappa shape index (κ3) is 2.98. The van der Waals surface area contributed by atoms with Gasteiger partial charge in [0.25, 0.3) is 0 Å². The monoisotopic (exact) mass is 299 g/mol. The Labute approximate surface area is 108 Å². The van der Waals surface area contributed by atoms with E-state index in [1.165, 1.54) is 12.8 Å². The Morgan fingerprint density at radius 2 is 2.29 bits per heavy atom. The van der Waals surface area contributed by atoms with Crippen LogP contribution in [0.5, 0.6) is 5.75 Å². The average molecular weight is 300 g/mol. The normalized spacial score (nSPS) is 16.6. The Morgan fingerprint density at radius 1 is 1.59 bits per heavy atom. The van der Waals surface area contributed by atoms with Crippen molar-refractivity contribution in [1.29, 1.82) is 0 Å². The van der Waals surface area contributed by atoms with Gasteiger partial charge in [-0.3, -0.25) is 4.79 Å². The number of hydrogen-bond donors (Lipinski definition) is 2. The molecule has 17 heavy (non-hydrogen) atoms. The van der Waals surface area contributed by atoms with Gasteiger partial charge in [-0.2, -0.15) is 0 Å². The van der Waals surface area contributed by atoms with Gasteiger partial charge in [-0.25, -0.2) is 0 Å². The van der Waals surface area contributed by atoms with Gasteiger partial charge in [-0.05, 0) is 46.3 Å².